The second-order valence-electron chi connectivity index (χ2n) is 7.45. The molecule has 0 aliphatic heterocycles. The van der Waals surface area contributed by atoms with Crippen LogP contribution in [0.5, 0.6) is 0 Å². The molecule has 0 aliphatic rings. The van der Waals surface area contributed by atoms with Crippen LogP contribution in [0.4, 0.5) is 4.39 Å². The number of thioether (sulfide) groups is 1. The molecule has 0 saturated carbocycles. The zero-order valence-corrected chi connectivity index (χ0v) is 20.7. The van der Waals surface area contributed by atoms with E-state index in [2.05, 4.69) is 12.2 Å². The summed E-state index contributed by atoms with van der Waals surface area (Å²) in [5.74, 6) is 0.159. The molecular weight excluding hydrogens is 470 g/mol. The highest BCUT2D eigenvalue weighted by molar-refractivity contribution is 7.99. The van der Waals surface area contributed by atoms with Gasteiger partial charge in [0.1, 0.15) is 11.9 Å². The molecule has 1 atom stereocenters. The molecule has 0 bridgehead atoms. The van der Waals surface area contributed by atoms with Crippen molar-refractivity contribution in [3.05, 3.63) is 69.5 Å². The first-order valence-corrected chi connectivity index (χ1v) is 12.6. The van der Waals surface area contributed by atoms with Gasteiger partial charge in [-0.05, 0) is 48.2 Å². The molecule has 0 radical (unpaired) electrons. The van der Waals surface area contributed by atoms with Crippen molar-refractivity contribution in [3.8, 4) is 0 Å². The van der Waals surface area contributed by atoms with Gasteiger partial charge in [-0.15, -0.1) is 11.8 Å². The average Bonchev–Trinajstić information content (AvgIpc) is 2.76. The van der Waals surface area contributed by atoms with Gasteiger partial charge in [-0.1, -0.05) is 61.7 Å². The molecule has 0 saturated heterocycles. The molecule has 0 aliphatic carbocycles. The van der Waals surface area contributed by atoms with E-state index in [0.717, 1.165) is 24.0 Å². The first kappa shape index (κ1) is 26.5. The minimum Gasteiger partial charge on any atom is -0.354 e. The third-order valence-corrected chi connectivity index (χ3v) is 6.55. The standard InChI is InChI=1S/C24H29Cl2FN2O2S/c1-3-5-12-28-24(31)22(4-2)29(14-18-8-9-19(25)13-21(18)26)23(30)16-32-15-17-6-10-20(27)11-7-17/h6-11,13,22H,3-5,12,14-16H2,1-2H3,(H,28,31)/t22-/m1/s1. The van der Waals surface area contributed by atoms with E-state index in [0.29, 0.717) is 28.8 Å². The third-order valence-electron chi connectivity index (χ3n) is 4.98. The van der Waals surface area contributed by atoms with E-state index in [9.17, 15) is 14.0 Å². The first-order chi connectivity index (χ1) is 15.3. The summed E-state index contributed by atoms with van der Waals surface area (Å²) in [6.07, 6.45) is 2.34. The summed E-state index contributed by atoms with van der Waals surface area (Å²) in [6.45, 7) is 4.74. The van der Waals surface area contributed by atoms with Crippen LogP contribution >= 0.6 is 35.0 Å². The van der Waals surface area contributed by atoms with Crippen molar-refractivity contribution in [2.75, 3.05) is 12.3 Å². The Morgan fingerprint density at radius 2 is 1.84 bits per heavy atom. The quantitative estimate of drug-likeness (QED) is 0.360. The van der Waals surface area contributed by atoms with E-state index < -0.39 is 6.04 Å². The molecule has 32 heavy (non-hydrogen) atoms. The number of nitrogens with one attached hydrogen (secondary N) is 1. The van der Waals surface area contributed by atoms with Crippen molar-refractivity contribution in [2.24, 2.45) is 0 Å². The van der Waals surface area contributed by atoms with Crippen LogP contribution < -0.4 is 5.32 Å². The van der Waals surface area contributed by atoms with Crippen molar-refractivity contribution in [1.29, 1.82) is 0 Å². The van der Waals surface area contributed by atoms with Crippen LogP contribution in [0.15, 0.2) is 42.5 Å². The van der Waals surface area contributed by atoms with Crippen molar-refractivity contribution in [3.63, 3.8) is 0 Å². The van der Waals surface area contributed by atoms with Gasteiger partial charge in [0.15, 0.2) is 0 Å². The van der Waals surface area contributed by atoms with E-state index in [1.165, 1.54) is 23.9 Å². The van der Waals surface area contributed by atoms with Crippen LogP contribution in [-0.2, 0) is 21.9 Å². The molecule has 0 spiro atoms. The Morgan fingerprint density at radius 1 is 1.12 bits per heavy atom. The lowest BCUT2D eigenvalue weighted by Crippen LogP contribution is -2.49. The van der Waals surface area contributed by atoms with Gasteiger partial charge in [0.25, 0.3) is 0 Å². The summed E-state index contributed by atoms with van der Waals surface area (Å²) < 4.78 is 13.1. The number of unbranched alkanes of at least 4 members (excludes halogenated alkanes) is 1. The van der Waals surface area contributed by atoms with Crippen LogP contribution in [0, 0.1) is 5.82 Å². The fourth-order valence-electron chi connectivity index (χ4n) is 3.18. The van der Waals surface area contributed by atoms with E-state index >= 15 is 0 Å². The summed E-state index contributed by atoms with van der Waals surface area (Å²) in [5, 5.41) is 3.90. The minimum absolute atomic E-state index is 0.152. The van der Waals surface area contributed by atoms with Gasteiger partial charge in [-0.3, -0.25) is 9.59 Å². The Labute approximate surface area is 203 Å². The van der Waals surface area contributed by atoms with Gasteiger partial charge in [0, 0.05) is 28.9 Å². The lowest BCUT2D eigenvalue weighted by atomic mass is 10.1. The third kappa shape index (κ3) is 8.30. The van der Waals surface area contributed by atoms with Crippen LogP contribution in [0.3, 0.4) is 0 Å². The van der Waals surface area contributed by atoms with Gasteiger partial charge >= 0.3 is 0 Å². The lowest BCUT2D eigenvalue weighted by Gasteiger charge is -2.31. The Balaban J connectivity index is 2.14. The molecule has 0 aromatic heterocycles. The molecule has 4 nitrogen and oxygen atoms in total. The number of rotatable bonds is 12. The molecule has 1 N–H and O–H groups in total. The molecule has 2 amide bonds. The van der Waals surface area contributed by atoms with Crippen LogP contribution in [0.25, 0.3) is 0 Å². The summed E-state index contributed by atoms with van der Waals surface area (Å²) in [5.41, 5.74) is 1.66. The maximum atomic E-state index is 13.2. The number of hydrogen-bond acceptors (Lipinski definition) is 3. The Bertz CT molecular complexity index is 896. The summed E-state index contributed by atoms with van der Waals surface area (Å²) >= 11 is 13.8. The van der Waals surface area contributed by atoms with Crippen LogP contribution in [-0.4, -0.2) is 35.1 Å². The maximum absolute atomic E-state index is 13.2. The molecule has 2 aromatic rings. The largest absolute Gasteiger partial charge is 0.354 e. The Kier molecular flexibility index (Phi) is 11.4. The Hall–Kier alpha value is -1.76. The fraction of sp³-hybridized carbons (Fsp3) is 0.417. The summed E-state index contributed by atoms with van der Waals surface area (Å²) in [4.78, 5) is 27.6. The number of carbonyl (C=O) groups is 2. The van der Waals surface area contributed by atoms with Gasteiger partial charge in [0.2, 0.25) is 11.8 Å². The van der Waals surface area contributed by atoms with Gasteiger partial charge in [-0.2, -0.15) is 0 Å². The normalized spacial score (nSPS) is 11.8. The SMILES string of the molecule is CCCCNC(=O)[C@@H](CC)N(Cc1ccc(Cl)cc1Cl)C(=O)CSCc1ccc(F)cc1. The number of nitrogens with zero attached hydrogens (tertiary/aromatic N) is 1. The predicted octanol–water partition coefficient (Wildman–Crippen LogP) is 6.09. The lowest BCUT2D eigenvalue weighted by molar-refractivity contribution is -0.139. The van der Waals surface area contributed by atoms with E-state index in [1.54, 1.807) is 35.2 Å². The summed E-state index contributed by atoms with van der Waals surface area (Å²) in [7, 11) is 0. The van der Waals surface area contributed by atoms with E-state index in [4.69, 9.17) is 23.2 Å². The van der Waals surface area contributed by atoms with Gasteiger partial charge in [0.05, 0.1) is 5.75 Å². The molecule has 0 fully saturated rings. The van der Waals surface area contributed by atoms with Crippen molar-refractivity contribution >= 4 is 46.8 Å². The fourth-order valence-corrected chi connectivity index (χ4v) is 4.52. The molecule has 0 heterocycles. The molecular formula is C24H29Cl2FN2O2S. The topological polar surface area (TPSA) is 49.4 Å². The second-order valence-corrected chi connectivity index (χ2v) is 9.27. The van der Waals surface area contributed by atoms with Crippen LogP contribution in [0.2, 0.25) is 10.0 Å². The predicted molar refractivity (Wildman–Crippen MR) is 132 cm³/mol. The van der Waals surface area contributed by atoms with Crippen molar-refractivity contribution in [1.82, 2.24) is 10.2 Å². The minimum atomic E-state index is -0.600. The Morgan fingerprint density at radius 3 is 2.47 bits per heavy atom. The number of halogens is 3. The van der Waals surface area contributed by atoms with E-state index in [-0.39, 0.29) is 29.9 Å². The molecule has 174 valence electrons. The van der Waals surface area contributed by atoms with Crippen molar-refractivity contribution < 1.29 is 14.0 Å². The first-order valence-electron chi connectivity index (χ1n) is 10.7. The average molecular weight is 499 g/mol. The monoisotopic (exact) mass is 498 g/mol. The highest BCUT2D eigenvalue weighted by atomic mass is 35.5. The van der Waals surface area contributed by atoms with E-state index in [1.807, 2.05) is 6.92 Å². The van der Waals surface area contributed by atoms with Gasteiger partial charge < -0.3 is 10.2 Å². The second kappa shape index (κ2) is 13.7. The highest BCUT2D eigenvalue weighted by Gasteiger charge is 2.28. The zero-order valence-electron chi connectivity index (χ0n) is 18.4. The van der Waals surface area contributed by atoms with Crippen LogP contribution in [0.1, 0.15) is 44.2 Å². The smallest absolute Gasteiger partial charge is 0.242 e. The molecule has 2 aromatic carbocycles. The highest BCUT2D eigenvalue weighted by Crippen LogP contribution is 2.24. The maximum Gasteiger partial charge on any atom is 0.242 e. The number of hydrogen-bond donors (Lipinski definition) is 1. The molecule has 2 rings (SSSR count). The number of amides is 2. The zero-order chi connectivity index (χ0) is 23.5. The van der Waals surface area contributed by atoms with Crippen molar-refractivity contribution in [2.45, 2.75) is 51.4 Å². The number of benzene rings is 2. The van der Waals surface area contributed by atoms with Gasteiger partial charge in [-0.25, -0.2) is 4.39 Å². The molecule has 8 heteroatoms. The number of carbonyl (C=O) groups excluding carboxylic acids is 2. The molecule has 0 unspecified atom stereocenters. The summed E-state index contributed by atoms with van der Waals surface area (Å²) in [6, 6.07) is 10.7.